The third-order valence-electron chi connectivity index (χ3n) is 2.61. The molecule has 0 rings (SSSR count). The molecule has 0 aliphatic rings. The summed E-state index contributed by atoms with van der Waals surface area (Å²) in [6, 6.07) is 0. The fourth-order valence-corrected chi connectivity index (χ4v) is 5.31. The van der Waals surface area contributed by atoms with E-state index >= 15 is 0 Å². The van der Waals surface area contributed by atoms with Crippen molar-refractivity contribution in [3.8, 4) is 0 Å². The molecule has 28 heavy (non-hydrogen) atoms. The molecular formula is C10H12F13O3PS. The van der Waals surface area contributed by atoms with Gasteiger partial charge in [0.05, 0.1) is 0 Å². The van der Waals surface area contributed by atoms with Crippen LogP contribution in [0.2, 0.25) is 0 Å². The van der Waals surface area contributed by atoms with Crippen LogP contribution in [-0.4, -0.2) is 70.2 Å². The normalized spacial score (nSPS) is 18.0. The predicted octanol–water partition coefficient (Wildman–Crippen LogP) is 5.02. The Balaban J connectivity index is 6.65. The van der Waals surface area contributed by atoms with Gasteiger partial charge < -0.3 is 0 Å². The van der Waals surface area contributed by atoms with Gasteiger partial charge in [0.1, 0.15) is 0 Å². The van der Waals surface area contributed by atoms with Crippen LogP contribution < -0.4 is 0 Å². The van der Waals surface area contributed by atoms with Gasteiger partial charge in [-0.05, 0) is 0 Å². The molecule has 0 heterocycles. The van der Waals surface area contributed by atoms with Gasteiger partial charge in [0, 0.05) is 0 Å². The van der Waals surface area contributed by atoms with Crippen molar-refractivity contribution in [3.05, 3.63) is 0 Å². The van der Waals surface area contributed by atoms with Crippen molar-refractivity contribution in [2.24, 2.45) is 0 Å². The minimum absolute atomic E-state index is 0.752. The summed E-state index contributed by atoms with van der Waals surface area (Å²) in [4.78, 5) is 0. The Morgan fingerprint density at radius 3 is 1.11 bits per heavy atom. The molecule has 0 bridgehead atoms. The van der Waals surface area contributed by atoms with Crippen LogP contribution in [0.3, 0.4) is 0 Å². The van der Waals surface area contributed by atoms with Crippen LogP contribution in [0.25, 0.3) is 0 Å². The van der Waals surface area contributed by atoms with E-state index in [1.54, 1.807) is 0 Å². The van der Waals surface area contributed by atoms with E-state index in [1.807, 2.05) is 0 Å². The van der Waals surface area contributed by atoms with E-state index in [4.69, 9.17) is 0 Å². The van der Waals surface area contributed by atoms with Crippen molar-refractivity contribution in [1.82, 2.24) is 0 Å². The molecule has 0 aromatic carbocycles. The van der Waals surface area contributed by atoms with Crippen molar-refractivity contribution in [2.75, 3.05) is 26.7 Å². The summed E-state index contributed by atoms with van der Waals surface area (Å²) in [5, 5.41) is -7.32. The molecule has 172 valence electrons. The molecular weight excluding hydrogens is 478 g/mol. The SMILES string of the molecule is CP(C)(C)(C)OS(=O)(=O)C(F)(F)C(F)(F)C(F)(F)C(F)(F)C(F)(F)C(F)(F)F. The molecule has 0 spiro atoms. The van der Waals surface area contributed by atoms with Crippen LogP contribution in [0.4, 0.5) is 57.1 Å². The fourth-order valence-electron chi connectivity index (χ4n) is 1.35. The molecule has 0 saturated heterocycles. The van der Waals surface area contributed by atoms with Crippen molar-refractivity contribution in [1.29, 1.82) is 0 Å². The monoisotopic (exact) mass is 490 g/mol. The average molecular weight is 490 g/mol. The summed E-state index contributed by atoms with van der Waals surface area (Å²) >= 11 is 0. The second-order valence-corrected chi connectivity index (χ2v) is 16.1. The third kappa shape index (κ3) is 4.16. The van der Waals surface area contributed by atoms with Crippen LogP contribution in [0.15, 0.2) is 0 Å². The molecule has 0 radical (unpaired) electrons. The maximum atomic E-state index is 13.6. The van der Waals surface area contributed by atoms with Gasteiger partial charge in [-0.15, -0.1) is 0 Å². The van der Waals surface area contributed by atoms with Gasteiger partial charge in [-0.2, -0.15) is 0 Å². The predicted molar refractivity (Wildman–Crippen MR) is 71.4 cm³/mol. The van der Waals surface area contributed by atoms with E-state index in [0.717, 1.165) is 26.7 Å². The van der Waals surface area contributed by atoms with Crippen LogP contribution in [0.5, 0.6) is 0 Å². The molecule has 0 saturated carbocycles. The molecule has 0 atom stereocenters. The first-order valence-corrected chi connectivity index (χ1v) is 11.7. The molecule has 0 aromatic rings. The van der Waals surface area contributed by atoms with Crippen LogP contribution >= 0.6 is 6.83 Å². The molecule has 0 aliphatic carbocycles. The van der Waals surface area contributed by atoms with E-state index in [2.05, 4.69) is 3.97 Å². The van der Waals surface area contributed by atoms with Crippen LogP contribution in [-0.2, 0) is 14.1 Å². The van der Waals surface area contributed by atoms with Crippen molar-refractivity contribution in [3.63, 3.8) is 0 Å². The Kier molecular flexibility index (Phi) is 6.09. The Morgan fingerprint density at radius 1 is 0.571 bits per heavy atom. The van der Waals surface area contributed by atoms with Gasteiger partial charge in [-0.25, -0.2) is 0 Å². The molecule has 0 fully saturated rings. The molecule has 0 aliphatic heterocycles. The first kappa shape index (κ1) is 27.4. The summed E-state index contributed by atoms with van der Waals surface area (Å²) < 4.78 is 194. The van der Waals surface area contributed by atoms with Gasteiger partial charge >= 0.3 is 148 Å². The fraction of sp³-hybridized carbons (Fsp3) is 1.00. The summed E-state index contributed by atoms with van der Waals surface area (Å²) in [6.07, 6.45) is -7.58. The topological polar surface area (TPSA) is 43.4 Å². The van der Waals surface area contributed by atoms with E-state index in [0.29, 0.717) is 0 Å². The number of halogens is 13. The van der Waals surface area contributed by atoms with Crippen LogP contribution in [0.1, 0.15) is 0 Å². The minimum atomic E-state index is -8.20. The molecule has 0 amide bonds. The van der Waals surface area contributed by atoms with Gasteiger partial charge in [-0.1, -0.05) is 0 Å². The van der Waals surface area contributed by atoms with E-state index in [1.165, 1.54) is 0 Å². The summed E-state index contributed by atoms with van der Waals surface area (Å²) in [5.74, 6) is -32.3. The summed E-state index contributed by atoms with van der Waals surface area (Å²) in [6.45, 7) is -1.28. The van der Waals surface area contributed by atoms with Gasteiger partial charge in [0.15, 0.2) is 0 Å². The van der Waals surface area contributed by atoms with Gasteiger partial charge in [0.2, 0.25) is 0 Å². The Hall–Kier alpha value is -0.570. The number of alkyl halides is 13. The molecule has 0 unspecified atom stereocenters. The van der Waals surface area contributed by atoms with Gasteiger partial charge in [0.25, 0.3) is 0 Å². The molecule has 0 aromatic heterocycles. The number of hydrogen-bond acceptors (Lipinski definition) is 3. The maximum absolute atomic E-state index is 13.6. The standard InChI is InChI=1S/C10H12F13O3PS/c1-27(2,3,4)26-28(24,25)10(22,23)8(17,18)6(13,14)5(11,12)7(15,16)9(19,20)21/h1-4H3. The molecule has 3 nitrogen and oxygen atoms in total. The van der Waals surface area contributed by atoms with E-state index < -0.39 is 52.1 Å². The van der Waals surface area contributed by atoms with Crippen molar-refractivity contribution >= 4 is 16.9 Å². The first-order chi connectivity index (χ1) is 11.5. The average Bonchev–Trinajstić information content (AvgIpc) is 2.31. The number of hydrogen-bond donors (Lipinski definition) is 0. The molecule has 18 heteroatoms. The molecule has 0 N–H and O–H groups in total. The summed E-state index contributed by atoms with van der Waals surface area (Å²) in [5.41, 5.74) is 0. The number of rotatable bonds is 7. The van der Waals surface area contributed by atoms with Crippen molar-refractivity contribution < 1.29 is 69.5 Å². The van der Waals surface area contributed by atoms with E-state index in [9.17, 15) is 65.5 Å². The van der Waals surface area contributed by atoms with E-state index in [-0.39, 0.29) is 0 Å². The van der Waals surface area contributed by atoms with Crippen LogP contribution in [0, 0.1) is 0 Å². The zero-order valence-electron chi connectivity index (χ0n) is 14.0. The Labute approximate surface area is 149 Å². The second-order valence-electron chi connectivity index (χ2n) is 7.25. The zero-order chi connectivity index (χ0) is 23.7. The first-order valence-electron chi connectivity index (χ1n) is 6.38. The quantitative estimate of drug-likeness (QED) is 0.372. The summed E-state index contributed by atoms with van der Waals surface area (Å²) in [7, 11) is -7.22. The zero-order valence-corrected chi connectivity index (χ0v) is 15.7. The Bertz CT molecular complexity index is 708. The van der Waals surface area contributed by atoms with Gasteiger partial charge in [-0.3, -0.25) is 0 Å². The third-order valence-corrected chi connectivity index (χ3v) is 6.67. The van der Waals surface area contributed by atoms with Crippen molar-refractivity contribution in [2.45, 2.75) is 35.1 Å². The Morgan fingerprint density at radius 2 is 0.857 bits per heavy atom. The second kappa shape index (κ2) is 6.22.